The highest BCUT2D eigenvalue weighted by Gasteiger charge is 2.30. The number of aliphatic hydroxyl groups is 5. The molecule has 4 unspecified atom stereocenters. The van der Waals surface area contributed by atoms with E-state index in [0.717, 1.165) is 24.1 Å². The molecule has 0 aliphatic heterocycles. The minimum atomic E-state index is -1.53. The van der Waals surface area contributed by atoms with Crippen molar-refractivity contribution in [3.63, 3.8) is 0 Å². The summed E-state index contributed by atoms with van der Waals surface area (Å²) in [5, 5.41) is 62.2. The van der Waals surface area contributed by atoms with E-state index in [1.165, 1.54) is 0 Å². The number of hydrogen-bond donors (Lipinski definition) is 6. The molecule has 7 N–H and O–H groups in total. The van der Waals surface area contributed by atoms with Crippen molar-refractivity contribution < 1.29 is 50.2 Å². The standard InChI is InChI=1S/C24H32N4O5.C7H17NO5/c1-5-8-18-21-22(27(4)26-18)23(29)28(20(6-2)25-21)13-14-33-17-11-9-16(10-12-17)15-19(24(30)31)32-7-3;1-8-2-4(10)6(12)7(13)5(11)3-9/h9-12,19H,5-8,13-15H2,1-4H3,(H,30,31);4-13H,2-3H2,1H3/t19-;/m0./s1. The Bertz CT molecular complexity index is 1410. The first-order chi connectivity index (χ1) is 21.9. The highest BCUT2D eigenvalue weighted by atomic mass is 16.5. The van der Waals surface area contributed by atoms with Crippen molar-refractivity contribution in [3.05, 3.63) is 51.7 Å². The number of hydrogen-bond acceptors (Lipinski definition) is 12. The summed E-state index contributed by atoms with van der Waals surface area (Å²) in [6, 6.07) is 7.15. The first-order valence-electron chi connectivity index (χ1n) is 15.5. The van der Waals surface area contributed by atoms with Crippen molar-refractivity contribution in [1.82, 2.24) is 19.3 Å². The maximum atomic E-state index is 13.2. The van der Waals surface area contributed by atoms with Gasteiger partial charge in [-0.3, -0.25) is 14.0 Å². The topological polar surface area (TPSA) is 229 Å². The summed E-state index contributed by atoms with van der Waals surface area (Å²) < 4.78 is 14.3. The van der Waals surface area contributed by atoms with E-state index in [2.05, 4.69) is 12.0 Å². The van der Waals surface area contributed by atoms with Crippen LogP contribution < -0.4 is 20.7 Å². The van der Waals surface area contributed by atoms with Gasteiger partial charge in [-0.25, -0.2) is 4.98 Å². The maximum absolute atomic E-state index is 13.2. The molecule has 258 valence electrons. The number of nitrogens with zero attached hydrogens (tertiary/aromatic N) is 4. The number of ether oxygens (including phenoxy) is 2. The molecule has 46 heavy (non-hydrogen) atoms. The van der Waals surface area contributed by atoms with Crippen LogP contribution in [0.2, 0.25) is 0 Å². The van der Waals surface area contributed by atoms with Crippen LogP contribution >= 0.6 is 0 Å². The predicted octanol–water partition coefficient (Wildman–Crippen LogP) is -2.96. The molecule has 0 spiro atoms. The molecule has 3 aromatic rings. The lowest BCUT2D eigenvalue weighted by molar-refractivity contribution is -0.635. The molecule has 0 bridgehead atoms. The Morgan fingerprint density at radius 3 is 2.26 bits per heavy atom. The summed E-state index contributed by atoms with van der Waals surface area (Å²) in [7, 11) is 3.47. The van der Waals surface area contributed by atoms with Crippen molar-refractivity contribution in [3.8, 4) is 5.75 Å². The number of nitrogens with two attached hydrogens (primary N) is 1. The van der Waals surface area contributed by atoms with Crippen LogP contribution in [0.3, 0.4) is 0 Å². The number of carboxylic acids is 1. The van der Waals surface area contributed by atoms with Gasteiger partial charge in [-0.15, -0.1) is 0 Å². The molecular formula is C31H49N5O10. The van der Waals surface area contributed by atoms with Crippen LogP contribution in [0.1, 0.15) is 44.3 Å². The molecule has 0 aliphatic rings. The summed E-state index contributed by atoms with van der Waals surface area (Å²) in [5.41, 5.74) is 2.75. The maximum Gasteiger partial charge on any atom is 0.279 e. The number of aromatic nitrogens is 4. The fraction of sp³-hybridized carbons (Fsp3) is 0.613. The number of fused-ring (bicyclic) bond motifs is 1. The molecule has 3 rings (SSSR count). The van der Waals surface area contributed by atoms with Gasteiger partial charge in [-0.2, -0.15) is 5.10 Å². The van der Waals surface area contributed by atoms with E-state index in [1.807, 2.05) is 6.92 Å². The van der Waals surface area contributed by atoms with Gasteiger partial charge in [0.1, 0.15) is 60.8 Å². The predicted molar refractivity (Wildman–Crippen MR) is 166 cm³/mol. The molecule has 0 aliphatic carbocycles. The lowest BCUT2D eigenvalue weighted by Crippen LogP contribution is -2.83. The number of quaternary nitrogens is 1. The van der Waals surface area contributed by atoms with Crippen LogP contribution in [0.15, 0.2) is 29.1 Å². The quantitative estimate of drug-likeness (QED) is 0.0811. The fourth-order valence-electron chi connectivity index (χ4n) is 4.81. The van der Waals surface area contributed by atoms with Crippen molar-refractivity contribution >= 4 is 17.0 Å². The lowest BCUT2D eigenvalue weighted by atomic mass is 10.0. The second kappa shape index (κ2) is 19.3. The molecule has 2 aromatic heterocycles. The molecule has 15 nitrogen and oxygen atoms in total. The summed E-state index contributed by atoms with van der Waals surface area (Å²) >= 11 is 0. The Kier molecular flexibility index (Phi) is 16.2. The molecule has 0 amide bonds. The highest BCUT2D eigenvalue weighted by molar-refractivity contribution is 5.76. The van der Waals surface area contributed by atoms with E-state index in [-0.39, 0.29) is 18.5 Å². The van der Waals surface area contributed by atoms with E-state index in [1.54, 1.807) is 59.9 Å². The van der Waals surface area contributed by atoms with Crippen molar-refractivity contribution in [2.75, 3.05) is 33.4 Å². The van der Waals surface area contributed by atoms with Gasteiger partial charge in [-0.1, -0.05) is 32.4 Å². The third-order valence-electron chi connectivity index (χ3n) is 7.26. The Hall–Kier alpha value is -3.44. The lowest BCUT2D eigenvalue weighted by Gasteiger charge is -2.24. The van der Waals surface area contributed by atoms with Gasteiger partial charge in [0.2, 0.25) is 0 Å². The summed E-state index contributed by atoms with van der Waals surface area (Å²) in [5.74, 6) is 0.113. The summed E-state index contributed by atoms with van der Waals surface area (Å²) in [4.78, 5) is 29.1. The third-order valence-corrected chi connectivity index (χ3v) is 7.26. The minimum absolute atomic E-state index is 0.114. The second-order valence-corrected chi connectivity index (χ2v) is 10.8. The van der Waals surface area contributed by atoms with Gasteiger partial charge >= 0.3 is 0 Å². The highest BCUT2D eigenvalue weighted by Crippen LogP contribution is 2.17. The number of aliphatic hydroxyl groups excluding tert-OH is 5. The average molecular weight is 652 g/mol. The zero-order chi connectivity index (χ0) is 34.4. The summed E-state index contributed by atoms with van der Waals surface area (Å²) in [6.07, 6.45) is -3.94. The SMILES string of the molecule is CCCc1nn(C)c2c(=O)n(CCOc3ccc(C[C@H](OCC)C(=O)[O-])cc3)c(CC)nc12.C[NH2+]CC(O)C(O)C(O)C(O)CO. The smallest absolute Gasteiger partial charge is 0.279 e. The summed E-state index contributed by atoms with van der Waals surface area (Å²) in [6.45, 7) is 6.32. The van der Waals surface area contributed by atoms with E-state index >= 15 is 0 Å². The number of rotatable bonds is 18. The normalized spacial score (nSPS) is 14.7. The third kappa shape index (κ3) is 10.6. The van der Waals surface area contributed by atoms with Crippen LogP contribution in [0.25, 0.3) is 11.0 Å². The molecule has 5 atom stereocenters. The van der Waals surface area contributed by atoms with E-state index < -0.39 is 43.1 Å². The molecule has 1 aromatic carbocycles. The molecule has 2 heterocycles. The van der Waals surface area contributed by atoms with E-state index in [4.69, 9.17) is 29.8 Å². The van der Waals surface area contributed by atoms with E-state index in [9.17, 15) is 24.9 Å². The number of aryl methyl sites for hydroxylation is 3. The number of likely N-dealkylation sites (N-methyl/N-ethyl adjacent to an activating group) is 1. The Morgan fingerprint density at radius 2 is 1.72 bits per heavy atom. The monoisotopic (exact) mass is 651 g/mol. The molecule has 0 radical (unpaired) electrons. The minimum Gasteiger partial charge on any atom is -0.547 e. The number of carbonyl (C=O) groups excluding carboxylic acids is 1. The van der Waals surface area contributed by atoms with Gasteiger partial charge in [0.15, 0.2) is 5.52 Å². The van der Waals surface area contributed by atoms with Gasteiger partial charge in [0, 0.05) is 26.5 Å². The first-order valence-corrected chi connectivity index (χ1v) is 15.5. The largest absolute Gasteiger partial charge is 0.547 e. The van der Waals surface area contributed by atoms with Gasteiger partial charge in [-0.05, 0) is 31.0 Å². The average Bonchev–Trinajstić information content (AvgIpc) is 3.36. The Labute approximate surface area is 268 Å². The van der Waals surface area contributed by atoms with E-state index in [0.29, 0.717) is 48.8 Å². The molecule has 15 heteroatoms. The van der Waals surface area contributed by atoms with Crippen molar-refractivity contribution in [1.29, 1.82) is 0 Å². The number of carbonyl (C=O) groups is 1. The Morgan fingerprint density at radius 1 is 1.07 bits per heavy atom. The number of aliphatic carboxylic acids is 1. The van der Waals surface area contributed by atoms with Gasteiger partial charge < -0.3 is 50.2 Å². The van der Waals surface area contributed by atoms with Gasteiger partial charge in [0.25, 0.3) is 5.56 Å². The van der Waals surface area contributed by atoms with Crippen molar-refractivity contribution in [2.24, 2.45) is 7.05 Å². The van der Waals surface area contributed by atoms with Crippen LogP contribution in [0.5, 0.6) is 5.75 Å². The van der Waals surface area contributed by atoms with Crippen LogP contribution in [0.4, 0.5) is 0 Å². The second-order valence-electron chi connectivity index (χ2n) is 10.8. The number of benzene rings is 1. The first kappa shape index (κ1) is 38.7. The van der Waals surface area contributed by atoms with Crippen LogP contribution in [-0.4, -0.2) is 115 Å². The zero-order valence-corrected chi connectivity index (χ0v) is 27.2. The van der Waals surface area contributed by atoms with Gasteiger partial charge in [0.05, 0.1) is 31.9 Å². The molecular weight excluding hydrogens is 602 g/mol. The zero-order valence-electron chi connectivity index (χ0n) is 27.2. The van der Waals surface area contributed by atoms with Crippen LogP contribution in [-0.2, 0) is 42.4 Å². The van der Waals surface area contributed by atoms with Crippen molar-refractivity contribution in [2.45, 2.75) is 83.5 Å². The molecule has 0 saturated heterocycles. The number of carboxylic acid groups (broad SMARTS) is 1. The molecule has 0 saturated carbocycles. The fourth-order valence-corrected chi connectivity index (χ4v) is 4.81. The van der Waals surface area contributed by atoms with Crippen LogP contribution in [0, 0.1) is 0 Å². The Balaban J connectivity index is 0.000000479. The molecule has 0 fully saturated rings.